The van der Waals surface area contributed by atoms with Crippen LogP contribution < -0.4 is 14.8 Å². The molecule has 0 bridgehead atoms. The molecule has 0 spiro atoms. The quantitative estimate of drug-likeness (QED) is 0.662. The summed E-state index contributed by atoms with van der Waals surface area (Å²) in [5.74, 6) is -1.60. The van der Waals surface area contributed by atoms with Crippen LogP contribution in [0.5, 0.6) is 11.5 Å². The Labute approximate surface area is 165 Å². The summed E-state index contributed by atoms with van der Waals surface area (Å²) in [4.78, 5) is 24.1. The number of methoxy groups -OCH3 is 1. The van der Waals surface area contributed by atoms with Gasteiger partial charge in [0, 0.05) is 5.02 Å². The number of halogens is 3. The number of hydrogen-bond acceptors (Lipinski definition) is 5. The van der Waals surface area contributed by atoms with Crippen molar-refractivity contribution in [2.24, 2.45) is 0 Å². The normalized spacial score (nSPS) is 11.6. The predicted molar refractivity (Wildman–Crippen MR) is 97.9 cm³/mol. The molecule has 0 aromatic heterocycles. The van der Waals surface area contributed by atoms with Crippen LogP contribution in [0, 0.1) is 0 Å². The van der Waals surface area contributed by atoms with Crippen LogP contribution in [-0.4, -0.2) is 32.2 Å². The lowest BCUT2D eigenvalue weighted by molar-refractivity contribution is -0.124. The molecule has 1 amide bonds. The highest BCUT2D eigenvalue weighted by atomic mass is 35.5. The first-order valence-corrected chi connectivity index (χ1v) is 8.52. The van der Waals surface area contributed by atoms with Gasteiger partial charge in [-0.3, -0.25) is 4.79 Å². The van der Waals surface area contributed by atoms with Gasteiger partial charge in [0.15, 0.2) is 18.1 Å². The van der Waals surface area contributed by atoms with E-state index >= 15 is 0 Å². The first kappa shape index (κ1) is 21.4. The van der Waals surface area contributed by atoms with Crippen LogP contribution >= 0.6 is 11.6 Å². The molecule has 2 rings (SSSR count). The summed E-state index contributed by atoms with van der Waals surface area (Å²) in [7, 11) is 1.24. The van der Waals surface area contributed by atoms with Gasteiger partial charge in [0.1, 0.15) is 0 Å². The Hall–Kier alpha value is -2.87. The van der Waals surface area contributed by atoms with Crippen molar-refractivity contribution in [3.05, 3.63) is 58.6 Å². The molecule has 2 aromatic rings. The summed E-state index contributed by atoms with van der Waals surface area (Å²) in [5.41, 5.74) is 0.820. The zero-order valence-electron chi connectivity index (χ0n) is 15.1. The molecule has 1 atom stereocenters. The topological polar surface area (TPSA) is 73.9 Å². The fourth-order valence-electron chi connectivity index (χ4n) is 2.34. The second-order valence-corrected chi connectivity index (χ2v) is 6.10. The number of alkyl halides is 2. The van der Waals surface area contributed by atoms with Crippen molar-refractivity contribution in [1.82, 2.24) is 5.32 Å². The van der Waals surface area contributed by atoms with Gasteiger partial charge in [-0.25, -0.2) is 4.79 Å². The van der Waals surface area contributed by atoms with Crippen molar-refractivity contribution < 1.29 is 32.6 Å². The molecule has 1 N–H and O–H groups in total. The Balaban J connectivity index is 1.93. The van der Waals surface area contributed by atoms with Crippen LogP contribution in [0.2, 0.25) is 5.02 Å². The molecule has 0 aliphatic carbocycles. The average Bonchev–Trinajstić information content (AvgIpc) is 2.66. The molecule has 9 heteroatoms. The van der Waals surface area contributed by atoms with Crippen molar-refractivity contribution in [3.63, 3.8) is 0 Å². The standard InChI is InChI=1S/C19H18ClF2NO5/c1-11(12-4-3-5-14(20)8-12)23-17(24)10-27-18(25)13-6-7-15(28-19(21)22)16(9-13)26-2/h3-9,11,19H,10H2,1-2H3,(H,23,24)/t11-/m1/s1. The summed E-state index contributed by atoms with van der Waals surface area (Å²) in [6, 6.07) is 10.2. The molecule has 0 heterocycles. The van der Waals surface area contributed by atoms with Gasteiger partial charge in [0.2, 0.25) is 0 Å². The number of benzene rings is 2. The highest BCUT2D eigenvalue weighted by molar-refractivity contribution is 6.30. The van der Waals surface area contributed by atoms with E-state index in [4.69, 9.17) is 21.1 Å². The van der Waals surface area contributed by atoms with Gasteiger partial charge in [-0.1, -0.05) is 23.7 Å². The van der Waals surface area contributed by atoms with Crippen molar-refractivity contribution >= 4 is 23.5 Å². The molecular formula is C19H18ClF2NO5. The number of esters is 1. The number of amides is 1. The molecule has 0 unspecified atom stereocenters. The summed E-state index contributed by atoms with van der Waals surface area (Å²) < 4.78 is 38.8. The van der Waals surface area contributed by atoms with Crippen LogP contribution in [0.4, 0.5) is 8.78 Å². The molecule has 28 heavy (non-hydrogen) atoms. The molecule has 0 radical (unpaired) electrons. The number of ether oxygens (including phenoxy) is 3. The van der Waals surface area contributed by atoms with Crippen LogP contribution in [0.25, 0.3) is 0 Å². The molecule has 0 saturated heterocycles. The number of hydrogen-bond donors (Lipinski definition) is 1. The molecule has 2 aromatic carbocycles. The largest absolute Gasteiger partial charge is 0.493 e. The molecule has 150 valence electrons. The van der Waals surface area contributed by atoms with Gasteiger partial charge in [0.05, 0.1) is 18.7 Å². The lowest BCUT2D eigenvalue weighted by Crippen LogP contribution is -2.31. The molecular weight excluding hydrogens is 396 g/mol. The maximum atomic E-state index is 12.3. The third-order valence-electron chi connectivity index (χ3n) is 3.68. The fourth-order valence-corrected chi connectivity index (χ4v) is 2.54. The molecule has 0 fully saturated rings. The van der Waals surface area contributed by atoms with E-state index in [0.717, 1.165) is 11.6 Å². The van der Waals surface area contributed by atoms with Gasteiger partial charge in [-0.15, -0.1) is 0 Å². The van der Waals surface area contributed by atoms with Crippen molar-refractivity contribution in [2.75, 3.05) is 13.7 Å². The van der Waals surface area contributed by atoms with Crippen molar-refractivity contribution in [2.45, 2.75) is 19.6 Å². The molecule has 0 saturated carbocycles. The minimum atomic E-state index is -3.03. The first-order valence-electron chi connectivity index (χ1n) is 8.15. The average molecular weight is 414 g/mol. The SMILES string of the molecule is COc1cc(C(=O)OCC(=O)N[C@H](C)c2cccc(Cl)c2)ccc1OC(F)F. The van der Waals surface area contributed by atoms with Crippen LogP contribution in [0.1, 0.15) is 28.9 Å². The van der Waals surface area contributed by atoms with Gasteiger partial charge in [0.25, 0.3) is 5.91 Å². The summed E-state index contributed by atoms with van der Waals surface area (Å²) in [6.45, 7) is -1.78. The molecule has 0 aliphatic rings. The fraction of sp³-hybridized carbons (Fsp3) is 0.263. The van der Waals surface area contributed by atoms with Crippen LogP contribution in [-0.2, 0) is 9.53 Å². The van der Waals surface area contributed by atoms with Crippen LogP contribution in [0.15, 0.2) is 42.5 Å². The zero-order valence-corrected chi connectivity index (χ0v) is 15.8. The summed E-state index contributed by atoms with van der Waals surface area (Å²) in [5, 5.41) is 3.22. The van der Waals surface area contributed by atoms with E-state index in [-0.39, 0.29) is 23.1 Å². The minimum absolute atomic E-state index is 0.0224. The van der Waals surface area contributed by atoms with E-state index in [9.17, 15) is 18.4 Å². The van der Waals surface area contributed by atoms with E-state index in [1.54, 1.807) is 31.2 Å². The predicted octanol–water partition coefficient (Wildman–Crippen LogP) is 3.98. The number of carbonyl (C=O) groups excluding carboxylic acids is 2. The number of rotatable bonds is 8. The van der Waals surface area contributed by atoms with Crippen molar-refractivity contribution in [1.29, 1.82) is 0 Å². The highest BCUT2D eigenvalue weighted by Crippen LogP contribution is 2.29. The lowest BCUT2D eigenvalue weighted by atomic mass is 10.1. The third kappa shape index (κ3) is 6.09. The smallest absolute Gasteiger partial charge is 0.387 e. The van der Waals surface area contributed by atoms with E-state index in [1.807, 2.05) is 0 Å². The lowest BCUT2D eigenvalue weighted by Gasteiger charge is -2.15. The molecule has 6 nitrogen and oxygen atoms in total. The number of carbonyl (C=O) groups is 2. The van der Waals surface area contributed by atoms with Crippen LogP contribution in [0.3, 0.4) is 0 Å². The third-order valence-corrected chi connectivity index (χ3v) is 3.91. The Bertz CT molecular complexity index is 847. The van der Waals surface area contributed by atoms with Gasteiger partial charge < -0.3 is 19.5 Å². The number of nitrogens with one attached hydrogen (secondary N) is 1. The second kappa shape index (κ2) is 9.89. The maximum absolute atomic E-state index is 12.3. The summed E-state index contributed by atoms with van der Waals surface area (Å²) >= 11 is 5.92. The van der Waals surface area contributed by atoms with E-state index in [0.29, 0.717) is 5.02 Å². The Morgan fingerprint density at radius 1 is 1.14 bits per heavy atom. The Kier molecular flexibility index (Phi) is 7.57. The maximum Gasteiger partial charge on any atom is 0.387 e. The van der Waals surface area contributed by atoms with Gasteiger partial charge in [-0.05, 0) is 42.8 Å². The van der Waals surface area contributed by atoms with E-state index < -0.39 is 25.1 Å². The Morgan fingerprint density at radius 3 is 2.54 bits per heavy atom. The minimum Gasteiger partial charge on any atom is -0.493 e. The summed E-state index contributed by atoms with van der Waals surface area (Å²) in [6.07, 6.45) is 0. The monoisotopic (exact) mass is 413 g/mol. The van der Waals surface area contributed by atoms with E-state index in [2.05, 4.69) is 10.1 Å². The van der Waals surface area contributed by atoms with Crippen molar-refractivity contribution in [3.8, 4) is 11.5 Å². The Morgan fingerprint density at radius 2 is 1.89 bits per heavy atom. The second-order valence-electron chi connectivity index (χ2n) is 5.66. The zero-order chi connectivity index (χ0) is 20.7. The first-order chi connectivity index (χ1) is 13.3. The van der Waals surface area contributed by atoms with E-state index in [1.165, 1.54) is 19.2 Å². The van der Waals surface area contributed by atoms with Gasteiger partial charge in [-0.2, -0.15) is 8.78 Å². The highest BCUT2D eigenvalue weighted by Gasteiger charge is 2.17. The van der Waals surface area contributed by atoms with Gasteiger partial charge >= 0.3 is 12.6 Å². The molecule has 0 aliphatic heterocycles.